The lowest BCUT2D eigenvalue weighted by Crippen LogP contribution is -2.45. The van der Waals surface area contributed by atoms with Crippen molar-refractivity contribution in [1.82, 2.24) is 30.2 Å². The molecular formula is C26H35N11O. The third kappa shape index (κ3) is 5.97. The summed E-state index contributed by atoms with van der Waals surface area (Å²) in [6, 6.07) is 5.22. The highest BCUT2D eigenvalue weighted by molar-refractivity contribution is 6.09. The van der Waals surface area contributed by atoms with Gasteiger partial charge in [0.25, 0.3) is 5.91 Å². The maximum Gasteiger partial charge on any atom is 0.256 e. The van der Waals surface area contributed by atoms with Crippen LogP contribution in [0.2, 0.25) is 0 Å². The van der Waals surface area contributed by atoms with Gasteiger partial charge in [-0.3, -0.25) is 10.2 Å². The molecule has 2 aromatic heterocycles. The van der Waals surface area contributed by atoms with Crippen LogP contribution in [0.5, 0.6) is 0 Å². The van der Waals surface area contributed by atoms with Gasteiger partial charge in [-0.1, -0.05) is 26.8 Å². The molecule has 1 aliphatic rings. The zero-order valence-electron chi connectivity index (χ0n) is 22.5. The van der Waals surface area contributed by atoms with Gasteiger partial charge in [0.15, 0.2) is 11.6 Å². The number of anilines is 4. The number of amides is 1. The summed E-state index contributed by atoms with van der Waals surface area (Å²) in [7, 11) is 2.08. The predicted octanol–water partition coefficient (Wildman–Crippen LogP) is 2.40. The first kappa shape index (κ1) is 26.7. The Morgan fingerprint density at radius 2 is 1.82 bits per heavy atom. The van der Waals surface area contributed by atoms with E-state index in [1.165, 1.54) is 12.4 Å². The first-order chi connectivity index (χ1) is 17.9. The second-order valence-electron chi connectivity index (χ2n) is 10.5. The summed E-state index contributed by atoms with van der Waals surface area (Å²) in [6.45, 7) is 11.1. The second-order valence-corrected chi connectivity index (χ2v) is 10.5. The molecule has 0 bridgehead atoms. The Morgan fingerprint density at radius 1 is 1.11 bits per heavy atom. The Hall–Kier alpha value is -4.32. The number of nitrogens with one attached hydrogen (secondary N) is 3. The Balaban J connectivity index is 1.61. The number of rotatable bonds is 5. The molecule has 1 saturated heterocycles. The number of aromatic nitrogens is 4. The van der Waals surface area contributed by atoms with E-state index in [2.05, 4.69) is 42.4 Å². The van der Waals surface area contributed by atoms with Crippen molar-refractivity contribution >= 4 is 46.0 Å². The van der Waals surface area contributed by atoms with E-state index in [1.807, 2.05) is 33.8 Å². The highest BCUT2D eigenvalue weighted by atomic mass is 16.1. The summed E-state index contributed by atoms with van der Waals surface area (Å²) in [6.07, 6.45) is 2.86. The minimum atomic E-state index is -0.424. The zero-order valence-corrected chi connectivity index (χ0v) is 22.5. The van der Waals surface area contributed by atoms with Crippen molar-refractivity contribution in [2.24, 2.45) is 11.1 Å². The number of aryl methyl sites for hydroxylation is 1. The van der Waals surface area contributed by atoms with Crippen molar-refractivity contribution in [3.63, 3.8) is 0 Å². The standard InChI is InChI=1S/C26H35N11O/c1-15-6-7-16(24(38)33-19(28)13-18(27)26(2,3)4)12-17(15)32-23-21-20(30-14-31-23)22(29)35-25(34-21)37-10-8-36(5)9-11-37/h6-7,12-14H,8-11,27H2,1-5H3,(H2,28,33,38)(H2,29,34,35)(H,30,31,32). The van der Waals surface area contributed by atoms with E-state index in [-0.39, 0.29) is 17.1 Å². The third-order valence-electron chi connectivity index (χ3n) is 6.45. The average molecular weight is 518 g/mol. The normalized spacial score (nSPS) is 15.0. The molecule has 0 atom stereocenters. The van der Waals surface area contributed by atoms with E-state index in [1.54, 1.807) is 12.1 Å². The number of carbonyl (C=O) groups excluding carboxylic acids is 1. The van der Waals surface area contributed by atoms with Crippen molar-refractivity contribution in [3.8, 4) is 0 Å². The van der Waals surface area contributed by atoms with Crippen LogP contribution in [-0.4, -0.2) is 69.8 Å². The van der Waals surface area contributed by atoms with E-state index in [0.29, 0.717) is 39.7 Å². The van der Waals surface area contributed by atoms with Crippen molar-refractivity contribution in [1.29, 1.82) is 5.41 Å². The number of nitrogens with two attached hydrogens (primary N) is 2. The van der Waals surface area contributed by atoms with Crippen molar-refractivity contribution in [3.05, 3.63) is 47.4 Å². The molecule has 12 nitrogen and oxygen atoms in total. The Morgan fingerprint density at radius 3 is 2.50 bits per heavy atom. The van der Waals surface area contributed by atoms with E-state index in [4.69, 9.17) is 21.9 Å². The van der Waals surface area contributed by atoms with Crippen LogP contribution in [0, 0.1) is 17.7 Å². The van der Waals surface area contributed by atoms with E-state index in [9.17, 15) is 4.79 Å². The number of amidine groups is 1. The maximum atomic E-state index is 12.9. The smallest absolute Gasteiger partial charge is 0.256 e. The van der Waals surface area contributed by atoms with Gasteiger partial charge in [-0.25, -0.2) is 15.0 Å². The van der Waals surface area contributed by atoms with Gasteiger partial charge in [0.05, 0.1) is 0 Å². The zero-order chi connectivity index (χ0) is 27.6. The topological polar surface area (TPSA) is 175 Å². The third-order valence-corrected chi connectivity index (χ3v) is 6.45. The van der Waals surface area contributed by atoms with Gasteiger partial charge >= 0.3 is 0 Å². The molecule has 0 saturated carbocycles. The molecule has 0 radical (unpaired) electrons. The van der Waals surface area contributed by atoms with Gasteiger partial charge in [-0.05, 0) is 37.7 Å². The van der Waals surface area contributed by atoms with Crippen LogP contribution in [0.1, 0.15) is 36.7 Å². The quantitative estimate of drug-likeness (QED) is 0.249. The molecule has 0 spiro atoms. The molecule has 4 rings (SSSR count). The number of carbonyl (C=O) groups is 1. The minimum absolute atomic E-state index is 0.0806. The number of allylic oxidation sites excluding steroid dienone is 1. The molecule has 1 aromatic carbocycles. The van der Waals surface area contributed by atoms with E-state index < -0.39 is 5.91 Å². The number of piperazine rings is 1. The van der Waals surface area contributed by atoms with Gasteiger partial charge in [-0.15, -0.1) is 0 Å². The molecule has 3 aromatic rings. The minimum Gasteiger partial charge on any atom is -0.401 e. The number of fused-ring (bicyclic) bond motifs is 1. The molecule has 12 heteroatoms. The van der Waals surface area contributed by atoms with Crippen LogP contribution in [-0.2, 0) is 0 Å². The molecule has 3 heterocycles. The van der Waals surface area contributed by atoms with Crippen molar-refractivity contribution < 1.29 is 4.79 Å². The van der Waals surface area contributed by atoms with Crippen molar-refractivity contribution in [2.75, 3.05) is 49.2 Å². The Labute approximate surface area is 222 Å². The summed E-state index contributed by atoms with van der Waals surface area (Å²) in [5, 5.41) is 14.0. The Kier molecular flexibility index (Phi) is 7.44. The second kappa shape index (κ2) is 10.6. The number of benzene rings is 1. The number of hydrogen-bond acceptors (Lipinski definition) is 11. The van der Waals surface area contributed by atoms with Crippen molar-refractivity contribution in [2.45, 2.75) is 27.7 Å². The fourth-order valence-corrected chi connectivity index (χ4v) is 3.83. The molecule has 38 heavy (non-hydrogen) atoms. The summed E-state index contributed by atoms with van der Waals surface area (Å²) in [4.78, 5) is 35.2. The number of nitrogen functional groups attached to an aromatic ring is 1. The molecule has 0 unspecified atom stereocenters. The van der Waals surface area contributed by atoms with Gasteiger partial charge < -0.3 is 31.9 Å². The van der Waals surface area contributed by atoms with Crippen LogP contribution in [0.15, 0.2) is 36.3 Å². The predicted molar refractivity (Wildman–Crippen MR) is 151 cm³/mol. The molecule has 0 aliphatic carbocycles. The highest BCUT2D eigenvalue weighted by Gasteiger charge is 2.20. The van der Waals surface area contributed by atoms with Crippen LogP contribution in [0.4, 0.5) is 23.3 Å². The fourth-order valence-electron chi connectivity index (χ4n) is 3.83. The van der Waals surface area contributed by atoms with Crippen LogP contribution >= 0.6 is 0 Å². The number of nitrogens with zero attached hydrogens (tertiary/aromatic N) is 6. The monoisotopic (exact) mass is 517 g/mol. The number of hydrogen-bond donors (Lipinski definition) is 5. The van der Waals surface area contributed by atoms with Crippen LogP contribution in [0.3, 0.4) is 0 Å². The molecule has 1 amide bonds. The van der Waals surface area contributed by atoms with Gasteiger partial charge in [0, 0.05) is 48.5 Å². The van der Waals surface area contributed by atoms with E-state index in [0.717, 1.165) is 31.7 Å². The lowest BCUT2D eigenvalue weighted by atomic mass is 9.92. The lowest BCUT2D eigenvalue weighted by Gasteiger charge is -2.32. The molecule has 1 aliphatic heterocycles. The van der Waals surface area contributed by atoms with Gasteiger partial charge in [0.1, 0.15) is 23.2 Å². The van der Waals surface area contributed by atoms with Gasteiger partial charge in [0.2, 0.25) is 5.95 Å². The summed E-state index contributed by atoms with van der Waals surface area (Å²) >= 11 is 0. The molecule has 1 fully saturated rings. The van der Waals surface area contributed by atoms with Gasteiger partial charge in [-0.2, -0.15) is 4.98 Å². The SMILES string of the molecule is Cc1ccc(C(=O)NC(=N)C=C(N)C(C)(C)C)cc1Nc1ncnc2c(N)nc(N3CCN(C)CC3)nc12. The highest BCUT2D eigenvalue weighted by Crippen LogP contribution is 2.28. The largest absolute Gasteiger partial charge is 0.401 e. The molecule has 200 valence electrons. The van der Waals surface area contributed by atoms with Crippen LogP contribution in [0.25, 0.3) is 11.0 Å². The fraction of sp³-hybridized carbons (Fsp3) is 0.385. The van der Waals surface area contributed by atoms with E-state index >= 15 is 0 Å². The Bertz CT molecular complexity index is 1400. The molecular weight excluding hydrogens is 482 g/mol. The lowest BCUT2D eigenvalue weighted by molar-refractivity contribution is 0.0977. The average Bonchev–Trinajstić information content (AvgIpc) is 2.85. The van der Waals surface area contributed by atoms with Crippen LogP contribution < -0.4 is 27.0 Å². The molecule has 7 N–H and O–H groups in total. The maximum absolute atomic E-state index is 12.9. The summed E-state index contributed by atoms with van der Waals surface area (Å²) in [5.41, 5.74) is 15.4. The summed E-state index contributed by atoms with van der Waals surface area (Å²) < 4.78 is 0. The number of likely N-dealkylation sites (N-methyl/N-ethyl adjacent to an activating group) is 1. The first-order valence-corrected chi connectivity index (χ1v) is 12.4. The summed E-state index contributed by atoms with van der Waals surface area (Å²) in [5.74, 6) is 0.761. The first-order valence-electron chi connectivity index (χ1n) is 12.4.